The van der Waals surface area contributed by atoms with Gasteiger partial charge in [-0.15, -0.1) is 0 Å². The molecule has 6 nitrogen and oxygen atoms in total. The predicted octanol–water partition coefficient (Wildman–Crippen LogP) is 3.54. The molecule has 10 heteroatoms. The molecule has 0 aliphatic rings. The lowest BCUT2D eigenvalue weighted by Crippen LogP contribution is -2.60. The van der Waals surface area contributed by atoms with Crippen molar-refractivity contribution in [2.24, 2.45) is 5.73 Å². The Balaban J connectivity index is 5.32. The highest BCUT2D eigenvalue weighted by Gasteiger charge is 2.49. The highest BCUT2D eigenvalue weighted by molar-refractivity contribution is 6.90. The van der Waals surface area contributed by atoms with Gasteiger partial charge in [0.15, 0.2) is 25.0 Å². The predicted molar refractivity (Wildman–Crippen MR) is 106 cm³/mol. The fourth-order valence-corrected chi connectivity index (χ4v) is 16.8. The van der Waals surface area contributed by atoms with E-state index in [1.807, 2.05) is 0 Å². The molecule has 0 aromatic carbocycles. The van der Waals surface area contributed by atoms with Gasteiger partial charge in [-0.1, -0.05) is 0 Å². The Morgan fingerprint density at radius 2 is 1.17 bits per heavy atom. The Bertz CT molecular complexity index is 348. The van der Waals surface area contributed by atoms with Crippen molar-refractivity contribution in [1.82, 2.24) is 5.32 Å². The summed E-state index contributed by atoms with van der Waals surface area (Å²) in [5.41, 5.74) is 5.14. The van der Waals surface area contributed by atoms with Gasteiger partial charge in [0.25, 0.3) is 0 Å². The average Bonchev–Trinajstić information content (AvgIpc) is 2.16. The van der Waals surface area contributed by atoms with Crippen LogP contribution in [0.3, 0.4) is 0 Å². The van der Waals surface area contributed by atoms with Gasteiger partial charge >= 0.3 is 14.8 Å². The van der Waals surface area contributed by atoms with Crippen LogP contribution < -0.4 is 11.1 Å². The van der Waals surface area contributed by atoms with Gasteiger partial charge in [-0.05, 0) is 65.3 Å². The van der Waals surface area contributed by atoms with Crippen molar-refractivity contribution < 1.29 is 17.1 Å². The summed E-state index contributed by atoms with van der Waals surface area (Å²) in [6, 6.07) is 0.215. The normalized spacial score (nSPS) is 14.0. The van der Waals surface area contributed by atoms with E-state index in [4.69, 9.17) is 18.1 Å². The standard InChI is InChI=1S/C13H36N2O4Si4/c1-20(2,3)17-23(18-21(4,5)6,19-22(7,8)9)12-10-11-15-13(14)16/h10-12H2,1-9H3,(H3,14,15,16). The van der Waals surface area contributed by atoms with Gasteiger partial charge < -0.3 is 23.4 Å². The second-order valence-electron chi connectivity index (χ2n) is 8.72. The SMILES string of the molecule is C[Si](C)(C)O[Si](CCCNC(N)=O)(O[Si](C)(C)C)O[Si](C)(C)C. The first-order chi connectivity index (χ1) is 10.0. The molecule has 0 heterocycles. The third kappa shape index (κ3) is 13.0. The molecule has 0 aromatic rings. The number of hydrogen-bond donors (Lipinski definition) is 2. The lowest BCUT2D eigenvalue weighted by molar-refractivity contribution is 0.243. The number of carbonyl (C=O) groups excluding carboxylic acids is 1. The molecule has 0 aliphatic heterocycles. The molecule has 0 atom stereocenters. The van der Waals surface area contributed by atoms with Crippen molar-refractivity contribution in [3.8, 4) is 0 Å². The van der Waals surface area contributed by atoms with E-state index in [0.717, 1.165) is 6.42 Å². The summed E-state index contributed by atoms with van der Waals surface area (Å²) in [5.74, 6) is 0. The van der Waals surface area contributed by atoms with Crippen LogP contribution in [-0.2, 0) is 12.3 Å². The number of nitrogens with two attached hydrogens (primary N) is 1. The molecule has 0 aromatic heterocycles. The third-order valence-electron chi connectivity index (χ3n) is 2.34. The third-order valence-corrected chi connectivity index (χ3v) is 14.4. The van der Waals surface area contributed by atoms with Crippen molar-refractivity contribution >= 4 is 39.8 Å². The molecule has 0 spiro atoms. The van der Waals surface area contributed by atoms with E-state index >= 15 is 0 Å². The highest BCUT2D eigenvalue weighted by atomic mass is 28.5. The molecule has 23 heavy (non-hydrogen) atoms. The van der Waals surface area contributed by atoms with Crippen LogP contribution in [-0.4, -0.2) is 46.3 Å². The van der Waals surface area contributed by atoms with Crippen LogP contribution in [0.25, 0.3) is 0 Å². The number of carbonyl (C=O) groups is 1. The molecule has 0 rings (SSSR count). The number of hydrogen-bond acceptors (Lipinski definition) is 4. The van der Waals surface area contributed by atoms with E-state index in [1.165, 1.54) is 0 Å². The van der Waals surface area contributed by atoms with Crippen LogP contribution >= 0.6 is 0 Å². The zero-order valence-corrected chi connectivity index (χ0v) is 20.3. The monoisotopic (exact) mass is 396 g/mol. The van der Waals surface area contributed by atoms with Gasteiger partial charge in [0.1, 0.15) is 0 Å². The van der Waals surface area contributed by atoms with Crippen molar-refractivity contribution in [2.45, 2.75) is 71.4 Å². The largest absolute Gasteiger partial charge is 0.469 e. The summed E-state index contributed by atoms with van der Waals surface area (Å²) in [7, 11) is -8.27. The maximum Gasteiger partial charge on any atom is 0.469 e. The maximum atomic E-state index is 10.9. The lowest BCUT2D eigenvalue weighted by atomic mass is 10.5. The number of nitrogens with one attached hydrogen (secondary N) is 1. The van der Waals surface area contributed by atoms with E-state index in [2.05, 4.69) is 64.2 Å². The Hall–Kier alpha value is 0.0175. The summed E-state index contributed by atoms with van der Waals surface area (Å²) < 4.78 is 19.6. The van der Waals surface area contributed by atoms with Crippen molar-refractivity contribution in [3.05, 3.63) is 0 Å². The van der Waals surface area contributed by atoms with Crippen LogP contribution in [0.4, 0.5) is 4.79 Å². The second-order valence-corrected chi connectivity index (χ2v) is 25.7. The molecule has 0 saturated heterocycles. The number of urea groups is 1. The molecule has 2 amide bonds. The van der Waals surface area contributed by atoms with Crippen LogP contribution in [0, 0.1) is 0 Å². The molecular weight excluding hydrogens is 360 g/mol. The topological polar surface area (TPSA) is 82.8 Å². The lowest BCUT2D eigenvalue weighted by Gasteiger charge is -2.42. The van der Waals surface area contributed by atoms with Gasteiger partial charge in [0.2, 0.25) is 0 Å². The minimum absolute atomic E-state index is 0.499. The Morgan fingerprint density at radius 1 is 0.826 bits per heavy atom. The van der Waals surface area contributed by atoms with E-state index < -0.39 is 39.8 Å². The Morgan fingerprint density at radius 3 is 1.43 bits per heavy atom. The minimum atomic E-state index is -2.78. The Labute approximate surface area is 146 Å². The van der Waals surface area contributed by atoms with Gasteiger partial charge in [0, 0.05) is 12.6 Å². The molecule has 0 saturated carbocycles. The van der Waals surface area contributed by atoms with Gasteiger partial charge in [-0.2, -0.15) is 0 Å². The summed E-state index contributed by atoms with van der Waals surface area (Å²) in [6.45, 7) is 20.0. The van der Waals surface area contributed by atoms with Gasteiger partial charge in [-0.25, -0.2) is 4.79 Å². The number of rotatable bonds is 10. The molecular formula is C13H36N2O4Si4. The summed E-state index contributed by atoms with van der Waals surface area (Å²) >= 11 is 0. The van der Waals surface area contributed by atoms with Gasteiger partial charge in [-0.3, -0.25) is 0 Å². The van der Waals surface area contributed by atoms with Crippen LogP contribution in [0.2, 0.25) is 65.0 Å². The number of amides is 2. The first kappa shape index (κ1) is 23.0. The molecule has 3 N–H and O–H groups in total. The number of primary amides is 1. The van der Waals surface area contributed by atoms with Crippen LogP contribution in [0.5, 0.6) is 0 Å². The van der Waals surface area contributed by atoms with Gasteiger partial charge in [0.05, 0.1) is 0 Å². The molecule has 0 bridgehead atoms. The van der Waals surface area contributed by atoms with E-state index in [1.54, 1.807) is 0 Å². The molecule has 0 fully saturated rings. The zero-order chi connectivity index (χ0) is 18.5. The fraction of sp³-hybridized carbons (Fsp3) is 0.923. The smallest absolute Gasteiger partial charge is 0.417 e. The summed E-state index contributed by atoms with van der Waals surface area (Å²) in [6.07, 6.45) is 0.745. The van der Waals surface area contributed by atoms with E-state index in [0.29, 0.717) is 12.6 Å². The molecule has 138 valence electrons. The first-order valence-corrected chi connectivity index (χ1v) is 20.3. The quantitative estimate of drug-likeness (QED) is 0.437. The van der Waals surface area contributed by atoms with Crippen molar-refractivity contribution in [3.63, 3.8) is 0 Å². The van der Waals surface area contributed by atoms with Crippen molar-refractivity contribution in [1.29, 1.82) is 0 Å². The first-order valence-electron chi connectivity index (χ1n) is 8.17. The average molecular weight is 397 g/mol. The van der Waals surface area contributed by atoms with Crippen LogP contribution in [0.15, 0.2) is 0 Å². The minimum Gasteiger partial charge on any atom is -0.417 e. The molecule has 0 aliphatic carbocycles. The summed E-state index contributed by atoms with van der Waals surface area (Å²) in [4.78, 5) is 10.9. The van der Waals surface area contributed by atoms with Crippen molar-refractivity contribution in [2.75, 3.05) is 6.54 Å². The molecule has 0 radical (unpaired) electrons. The Kier molecular flexibility index (Phi) is 8.41. The molecule has 0 unspecified atom stereocenters. The maximum absolute atomic E-state index is 10.9. The zero-order valence-electron chi connectivity index (χ0n) is 16.3. The van der Waals surface area contributed by atoms with E-state index in [9.17, 15) is 4.79 Å². The highest BCUT2D eigenvalue weighted by Crippen LogP contribution is 2.29. The summed E-state index contributed by atoms with van der Waals surface area (Å²) in [5, 5.41) is 2.64. The van der Waals surface area contributed by atoms with Crippen LogP contribution in [0.1, 0.15) is 6.42 Å². The second kappa shape index (κ2) is 8.40. The fourth-order valence-electron chi connectivity index (χ4n) is 2.13. The van der Waals surface area contributed by atoms with E-state index in [-0.39, 0.29) is 0 Å².